The Kier molecular flexibility index (Phi) is 7.74. The molecule has 1 aromatic carbocycles. The molecule has 0 bridgehead atoms. The van der Waals surface area contributed by atoms with Gasteiger partial charge in [0.1, 0.15) is 0 Å². The molecule has 0 amide bonds. The number of nitrogens with zero attached hydrogens (tertiary/aromatic N) is 1. The van der Waals surface area contributed by atoms with E-state index in [4.69, 9.17) is 5.73 Å². The second-order valence-corrected chi connectivity index (χ2v) is 3.39. The highest BCUT2D eigenvalue weighted by molar-refractivity contribution is 5.85. The number of halogens is 1. The van der Waals surface area contributed by atoms with Crippen LogP contribution in [0.1, 0.15) is 25.3 Å². The molecule has 0 radical (unpaired) electrons. The summed E-state index contributed by atoms with van der Waals surface area (Å²) in [6.07, 6.45) is 3.06. The first-order chi connectivity index (χ1) is 6.83. The van der Waals surface area contributed by atoms with Gasteiger partial charge in [-0.3, -0.25) is 4.99 Å². The molecule has 0 spiro atoms. The lowest BCUT2D eigenvalue weighted by molar-refractivity contribution is 0.805. The minimum atomic E-state index is 0. The monoisotopic (exact) mass is 226 g/mol. The van der Waals surface area contributed by atoms with Gasteiger partial charge in [-0.2, -0.15) is 0 Å². The zero-order valence-electron chi connectivity index (χ0n) is 9.15. The van der Waals surface area contributed by atoms with E-state index in [1.165, 1.54) is 12.0 Å². The van der Waals surface area contributed by atoms with Crippen LogP contribution in [0.4, 0.5) is 0 Å². The summed E-state index contributed by atoms with van der Waals surface area (Å²) in [5.74, 6) is 0.740. The summed E-state index contributed by atoms with van der Waals surface area (Å²) < 4.78 is 0. The van der Waals surface area contributed by atoms with Crippen LogP contribution in [0.5, 0.6) is 0 Å². The van der Waals surface area contributed by atoms with Crippen LogP contribution in [0.3, 0.4) is 0 Å². The number of unbranched alkanes of at least 4 members (excludes halogenated alkanes) is 1. The Balaban J connectivity index is 0.00000196. The van der Waals surface area contributed by atoms with Crippen LogP contribution in [0.25, 0.3) is 0 Å². The molecule has 0 unspecified atom stereocenters. The Morgan fingerprint density at radius 3 is 2.53 bits per heavy atom. The van der Waals surface area contributed by atoms with Crippen molar-refractivity contribution < 1.29 is 0 Å². The molecule has 0 aromatic heterocycles. The second-order valence-electron chi connectivity index (χ2n) is 3.39. The fraction of sp³-hybridized carbons (Fsp3) is 0.417. The number of nitrogens with two attached hydrogens (primary N) is 1. The molecule has 0 aliphatic carbocycles. The van der Waals surface area contributed by atoms with Crippen molar-refractivity contribution in [3.8, 4) is 0 Å². The third kappa shape index (κ3) is 6.13. The quantitative estimate of drug-likeness (QED) is 0.468. The molecule has 0 aliphatic rings. The maximum absolute atomic E-state index is 5.80. The largest absolute Gasteiger partial charge is 0.387 e. The van der Waals surface area contributed by atoms with Gasteiger partial charge in [-0.15, -0.1) is 12.4 Å². The van der Waals surface area contributed by atoms with Crippen molar-refractivity contribution in [3.05, 3.63) is 35.9 Å². The minimum Gasteiger partial charge on any atom is -0.387 e. The van der Waals surface area contributed by atoms with E-state index in [-0.39, 0.29) is 12.4 Å². The highest BCUT2D eigenvalue weighted by Crippen LogP contribution is 1.99. The lowest BCUT2D eigenvalue weighted by atomic mass is 10.1. The smallest absolute Gasteiger partial charge is 0.0981 e. The molecular formula is C12H19ClN2. The normalized spacial score (nSPS) is 10.9. The third-order valence-electron chi connectivity index (χ3n) is 2.05. The van der Waals surface area contributed by atoms with Crippen LogP contribution in [0.2, 0.25) is 0 Å². The fourth-order valence-electron chi connectivity index (χ4n) is 1.24. The first-order valence-corrected chi connectivity index (χ1v) is 5.15. The van der Waals surface area contributed by atoms with Crippen molar-refractivity contribution in [2.24, 2.45) is 10.7 Å². The van der Waals surface area contributed by atoms with Crippen LogP contribution < -0.4 is 5.73 Å². The Labute approximate surface area is 98.0 Å². The maximum Gasteiger partial charge on any atom is 0.0981 e. The van der Waals surface area contributed by atoms with Crippen molar-refractivity contribution in [2.75, 3.05) is 6.54 Å². The summed E-state index contributed by atoms with van der Waals surface area (Å²) in [7, 11) is 0. The van der Waals surface area contributed by atoms with E-state index < -0.39 is 0 Å². The summed E-state index contributed by atoms with van der Waals surface area (Å²) in [5.41, 5.74) is 7.02. The molecule has 2 nitrogen and oxygen atoms in total. The lowest BCUT2D eigenvalue weighted by Crippen LogP contribution is -2.15. The Hall–Kier alpha value is -1.02. The molecule has 1 rings (SSSR count). The molecule has 0 fully saturated rings. The SMILES string of the molecule is CCCCN=C(N)Cc1ccccc1.Cl. The first kappa shape index (κ1) is 14.0. The van der Waals surface area contributed by atoms with E-state index in [1.807, 2.05) is 18.2 Å². The Morgan fingerprint density at radius 1 is 1.27 bits per heavy atom. The Morgan fingerprint density at radius 2 is 1.93 bits per heavy atom. The van der Waals surface area contributed by atoms with Crippen molar-refractivity contribution in [1.82, 2.24) is 0 Å². The summed E-state index contributed by atoms with van der Waals surface area (Å²) in [4.78, 5) is 4.30. The van der Waals surface area contributed by atoms with Gasteiger partial charge in [0.15, 0.2) is 0 Å². The molecule has 0 atom stereocenters. The van der Waals surface area contributed by atoms with Crippen LogP contribution in [0, 0.1) is 0 Å². The highest BCUT2D eigenvalue weighted by Gasteiger charge is 1.94. The zero-order chi connectivity index (χ0) is 10.2. The summed E-state index contributed by atoms with van der Waals surface area (Å²) >= 11 is 0. The lowest BCUT2D eigenvalue weighted by Gasteiger charge is -2.00. The van der Waals surface area contributed by atoms with Crippen molar-refractivity contribution in [1.29, 1.82) is 0 Å². The summed E-state index contributed by atoms with van der Waals surface area (Å²) in [6.45, 7) is 3.01. The molecule has 84 valence electrons. The first-order valence-electron chi connectivity index (χ1n) is 5.15. The zero-order valence-corrected chi connectivity index (χ0v) is 9.96. The van der Waals surface area contributed by atoms with Crippen LogP contribution >= 0.6 is 12.4 Å². The molecular weight excluding hydrogens is 208 g/mol. The fourth-order valence-corrected chi connectivity index (χ4v) is 1.24. The molecule has 3 heteroatoms. The van der Waals surface area contributed by atoms with Gasteiger partial charge in [-0.05, 0) is 12.0 Å². The average Bonchev–Trinajstić information content (AvgIpc) is 2.20. The average molecular weight is 227 g/mol. The molecule has 1 aromatic rings. The maximum atomic E-state index is 5.80. The third-order valence-corrected chi connectivity index (χ3v) is 2.05. The summed E-state index contributed by atoms with van der Waals surface area (Å²) in [5, 5.41) is 0. The number of amidine groups is 1. The predicted octanol–water partition coefficient (Wildman–Crippen LogP) is 2.81. The van der Waals surface area contributed by atoms with Crippen LogP contribution in [-0.4, -0.2) is 12.4 Å². The second kappa shape index (κ2) is 8.30. The molecule has 15 heavy (non-hydrogen) atoms. The van der Waals surface area contributed by atoms with E-state index >= 15 is 0 Å². The van der Waals surface area contributed by atoms with E-state index in [9.17, 15) is 0 Å². The highest BCUT2D eigenvalue weighted by atomic mass is 35.5. The minimum absolute atomic E-state index is 0. The topological polar surface area (TPSA) is 38.4 Å². The predicted molar refractivity (Wildman–Crippen MR) is 68.8 cm³/mol. The molecule has 0 saturated carbocycles. The number of hydrogen-bond acceptors (Lipinski definition) is 1. The molecule has 0 heterocycles. The van der Waals surface area contributed by atoms with Gasteiger partial charge < -0.3 is 5.73 Å². The Bertz CT molecular complexity index is 283. The molecule has 0 aliphatic heterocycles. The number of aliphatic imine (C=N–C) groups is 1. The number of rotatable bonds is 5. The van der Waals surface area contributed by atoms with Gasteiger partial charge in [0, 0.05) is 13.0 Å². The molecule has 2 N–H and O–H groups in total. The van der Waals surface area contributed by atoms with Gasteiger partial charge in [-0.1, -0.05) is 43.7 Å². The van der Waals surface area contributed by atoms with E-state index in [0.29, 0.717) is 0 Å². The van der Waals surface area contributed by atoms with Crippen molar-refractivity contribution >= 4 is 18.2 Å². The van der Waals surface area contributed by atoms with Crippen molar-refractivity contribution in [2.45, 2.75) is 26.2 Å². The van der Waals surface area contributed by atoms with Gasteiger partial charge in [-0.25, -0.2) is 0 Å². The standard InChI is InChI=1S/C12H18N2.ClH/c1-2-3-9-14-12(13)10-11-7-5-4-6-8-11;/h4-8H,2-3,9-10H2,1H3,(H2,13,14);1H. The number of benzene rings is 1. The van der Waals surface area contributed by atoms with Crippen LogP contribution in [0.15, 0.2) is 35.3 Å². The van der Waals surface area contributed by atoms with Gasteiger partial charge in [0.2, 0.25) is 0 Å². The number of hydrogen-bond donors (Lipinski definition) is 1. The van der Waals surface area contributed by atoms with Crippen molar-refractivity contribution in [3.63, 3.8) is 0 Å². The van der Waals surface area contributed by atoms with E-state index in [1.54, 1.807) is 0 Å². The summed E-state index contributed by atoms with van der Waals surface area (Å²) in [6, 6.07) is 10.2. The van der Waals surface area contributed by atoms with E-state index in [2.05, 4.69) is 24.0 Å². The van der Waals surface area contributed by atoms with Gasteiger partial charge >= 0.3 is 0 Å². The van der Waals surface area contributed by atoms with E-state index in [0.717, 1.165) is 25.2 Å². The molecule has 0 saturated heterocycles. The van der Waals surface area contributed by atoms with Gasteiger partial charge in [0.05, 0.1) is 5.84 Å². The van der Waals surface area contributed by atoms with Gasteiger partial charge in [0.25, 0.3) is 0 Å². The van der Waals surface area contributed by atoms with Crippen LogP contribution in [-0.2, 0) is 6.42 Å².